The van der Waals surface area contributed by atoms with Crippen molar-refractivity contribution in [3.63, 3.8) is 0 Å². The number of aryl methyl sites for hydroxylation is 1. The largest absolute Gasteiger partial charge is 0.331 e. The van der Waals surface area contributed by atoms with E-state index in [4.69, 9.17) is 12.2 Å². The molecule has 1 fully saturated rings. The van der Waals surface area contributed by atoms with E-state index in [1.165, 1.54) is 37.7 Å². The van der Waals surface area contributed by atoms with Crippen molar-refractivity contribution in [2.45, 2.75) is 58.8 Å². The van der Waals surface area contributed by atoms with E-state index in [9.17, 15) is 4.79 Å². The summed E-state index contributed by atoms with van der Waals surface area (Å²) in [6.07, 6.45) is 8.06. The first-order chi connectivity index (χ1) is 11.1. The summed E-state index contributed by atoms with van der Waals surface area (Å²) < 4.78 is 0. The maximum Gasteiger partial charge on any atom is 0.238 e. The number of rotatable bonds is 4. The number of anilines is 1. The molecule has 1 aliphatic rings. The lowest BCUT2D eigenvalue weighted by Gasteiger charge is -2.21. The van der Waals surface area contributed by atoms with E-state index in [0.717, 1.165) is 23.6 Å². The third-order valence-electron chi connectivity index (χ3n) is 4.67. The number of hydrazine groups is 1. The van der Waals surface area contributed by atoms with Gasteiger partial charge in [-0.3, -0.25) is 15.6 Å². The Morgan fingerprint density at radius 2 is 1.91 bits per heavy atom. The molecule has 1 saturated carbocycles. The third kappa shape index (κ3) is 5.82. The number of hydrogen-bond donors (Lipinski definition) is 3. The van der Waals surface area contributed by atoms with Gasteiger partial charge in [-0.25, -0.2) is 0 Å². The van der Waals surface area contributed by atoms with Crippen LogP contribution in [0, 0.1) is 19.8 Å². The Bertz CT molecular complexity index is 553. The van der Waals surface area contributed by atoms with Crippen LogP contribution in [0.2, 0.25) is 0 Å². The minimum absolute atomic E-state index is 0.000637. The summed E-state index contributed by atoms with van der Waals surface area (Å²) in [5, 5.41) is 3.52. The second kappa shape index (κ2) is 8.87. The van der Waals surface area contributed by atoms with Crippen LogP contribution in [0.15, 0.2) is 18.2 Å². The van der Waals surface area contributed by atoms with Crippen LogP contribution in [0.4, 0.5) is 5.69 Å². The predicted octanol–water partition coefficient (Wildman–Crippen LogP) is 3.98. The molecule has 0 spiro atoms. The van der Waals surface area contributed by atoms with E-state index in [0.29, 0.717) is 11.5 Å². The molecular weight excluding hydrogens is 306 g/mol. The van der Waals surface area contributed by atoms with Crippen molar-refractivity contribution in [2.75, 3.05) is 5.32 Å². The summed E-state index contributed by atoms with van der Waals surface area (Å²) in [7, 11) is 0. The lowest BCUT2D eigenvalue weighted by Crippen LogP contribution is -2.43. The maximum atomic E-state index is 11.9. The first-order valence-corrected chi connectivity index (χ1v) is 8.89. The van der Waals surface area contributed by atoms with Gasteiger partial charge in [0.1, 0.15) is 0 Å². The number of carbonyl (C=O) groups excluding carboxylic acids is 1. The van der Waals surface area contributed by atoms with Crippen molar-refractivity contribution in [3.8, 4) is 0 Å². The molecule has 0 heterocycles. The molecule has 23 heavy (non-hydrogen) atoms. The SMILES string of the molecule is Cc1cccc(NC(=S)NNC(=O)CCC2CCCCC2)c1C. The van der Waals surface area contributed by atoms with E-state index < -0.39 is 0 Å². The molecule has 5 heteroatoms. The predicted molar refractivity (Wildman–Crippen MR) is 99.2 cm³/mol. The van der Waals surface area contributed by atoms with Gasteiger partial charge in [-0.2, -0.15) is 0 Å². The standard InChI is InChI=1S/C18H27N3OS/c1-13-7-6-10-16(14(13)2)19-18(23)21-20-17(22)12-11-15-8-4-3-5-9-15/h6-7,10,15H,3-5,8-9,11-12H2,1-2H3,(H,20,22)(H2,19,21,23). The zero-order valence-electron chi connectivity index (χ0n) is 14.1. The molecule has 3 N–H and O–H groups in total. The van der Waals surface area contributed by atoms with E-state index in [1.54, 1.807) is 0 Å². The third-order valence-corrected chi connectivity index (χ3v) is 4.88. The van der Waals surface area contributed by atoms with Gasteiger partial charge in [0.15, 0.2) is 5.11 Å². The molecule has 0 aromatic heterocycles. The van der Waals surface area contributed by atoms with E-state index in [-0.39, 0.29) is 5.91 Å². The maximum absolute atomic E-state index is 11.9. The summed E-state index contributed by atoms with van der Waals surface area (Å²) in [6.45, 7) is 4.10. The lowest BCUT2D eigenvalue weighted by molar-refractivity contribution is -0.122. The summed E-state index contributed by atoms with van der Waals surface area (Å²) in [5.74, 6) is 0.718. The fourth-order valence-corrected chi connectivity index (χ4v) is 3.20. The molecule has 2 rings (SSSR count). The zero-order valence-corrected chi connectivity index (χ0v) is 14.9. The molecule has 0 saturated heterocycles. The minimum atomic E-state index is 0.000637. The first-order valence-electron chi connectivity index (χ1n) is 8.48. The average molecular weight is 334 g/mol. The summed E-state index contributed by atoms with van der Waals surface area (Å²) in [5.41, 5.74) is 8.78. The van der Waals surface area contributed by atoms with Crippen LogP contribution in [-0.4, -0.2) is 11.0 Å². The highest BCUT2D eigenvalue weighted by Crippen LogP contribution is 2.27. The van der Waals surface area contributed by atoms with Crippen molar-refractivity contribution < 1.29 is 4.79 Å². The second-order valence-corrected chi connectivity index (χ2v) is 6.83. The molecule has 0 unspecified atom stereocenters. The molecule has 0 aliphatic heterocycles. The van der Waals surface area contributed by atoms with Crippen LogP contribution in [0.25, 0.3) is 0 Å². The van der Waals surface area contributed by atoms with Crippen molar-refractivity contribution in [1.29, 1.82) is 0 Å². The number of thiocarbonyl (C=S) groups is 1. The van der Waals surface area contributed by atoms with Crippen LogP contribution in [0.1, 0.15) is 56.1 Å². The van der Waals surface area contributed by atoms with Crippen LogP contribution in [-0.2, 0) is 4.79 Å². The van der Waals surface area contributed by atoms with Gasteiger partial charge in [0.2, 0.25) is 5.91 Å². The normalized spacial score (nSPS) is 15.0. The van der Waals surface area contributed by atoms with E-state index in [1.807, 2.05) is 19.1 Å². The molecule has 1 aromatic rings. The summed E-state index contributed by atoms with van der Waals surface area (Å²) >= 11 is 5.23. The molecule has 0 bridgehead atoms. The number of carbonyl (C=O) groups is 1. The Balaban J connectivity index is 1.69. The molecule has 0 radical (unpaired) electrons. The van der Waals surface area contributed by atoms with Crippen LogP contribution in [0.3, 0.4) is 0 Å². The highest BCUT2D eigenvalue weighted by molar-refractivity contribution is 7.80. The highest BCUT2D eigenvalue weighted by atomic mass is 32.1. The Morgan fingerprint density at radius 3 is 2.65 bits per heavy atom. The molecule has 1 aliphatic carbocycles. The fourth-order valence-electron chi connectivity index (χ4n) is 3.04. The van der Waals surface area contributed by atoms with E-state index in [2.05, 4.69) is 29.2 Å². The Morgan fingerprint density at radius 1 is 1.17 bits per heavy atom. The Hall–Kier alpha value is -1.62. The topological polar surface area (TPSA) is 53.2 Å². The Kier molecular flexibility index (Phi) is 6.84. The molecular formula is C18H27N3OS. The quantitative estimate of drug-likeness (QED) is 0.576. The van der Waals surface area contributed by atoms with Gasteiger partial charge in [0.25, 0.3) is 0 Å². The van der Waals surface area contributed by atoms with Gasteiger partial charge in [-0.1, -0.05) is 44.2 Å². The van der Waals surface area contributed by atoms with Gasteiger partial charge in [-0.05, 0) is 55.6 Å². The zero-order chi connectivity index (χ0) is 16.7. The van der Waals surface area contributed by atoms with Gasteiger partial charge in [0.05, 0.1) is 0 Å². The van der Waals surface area contributed by atoms with Crippen molar-refractivity contribution in [1.82, 2.24) is 10.9 Å². The molecule has 1 aromatic carbocycles. The minimum Gasteiger partial charge on any atom is -0.331 e. The molecule has 126 valence electrons. The number of hydrogen-bond acceptors (Lipinski definition) is 2. The van der Waals surface area contributed by atoms with Crippen LogP contribution < -0.4 is 16.2 Å². The number of benzene rings is 1. The lowest BCUT2D eigenvalue weighted by atomic mass is 9.86. The summed E-state index contributed by atoms with van der Waals surface area (Å²) in [4.78, 5) is 11.9. The average Bonchev–Trinajstić information content (AvgIpc) is 2.56. The van der Waals surface area contributed by atoms with Gasteiger partial charge >= 0.3 is 0 Å². The van der Waals surface area contributed by atoms with Crippen molar-refractivity contribution in [2.24, 2.45) is 5.92 Å². The first kappa shape index (κ1) is 17.7. The van der Waals surface area contributed by atoms with Crippen LogP contribution in [0.5, 0.6) is 0 Å². The van der Waals surface area contributed by atoms with Crippen LogP contribution >= 0.6 is 12.2 Å². The van der Waals surface area contributed by atoms with Gasteiger partial charge < -0.3 is 5.32 Å². The van der Waals surface area contributed by atoms with Gasteiger partial charge in [0, 0.05) is 12.1 Å². The van der Waals surface area contributed by atoms with Gasteiger partial charge in [-0.15, -0.1) is 0 Å². The monoisotopic (exact) mass is 333 g/mol. The summed E-state index contributed by atoms with van der Waals surface area (Å²) in [6, 6.07) is 6.02. The van der Waals surface area contributed by atoms with E-state index >= 15 is 0 Å². The number of amides is 1. The molecule has 4 nitrogen and oxygen atoms in total. The highest BCUT2D eigenvalue weighted by Gasteiger charge is 2.14. The fraction of sp³-hybridized carbons (Fsp3) is 0.556. The van der Waals surface area contributed by atoms with Crippen molar-refractivity contribution in [3.05, 3.63) is 29.3 Å². The molecule has 1 amide bonds. The Labute approximate surface area is 144 Å². The molecule has 0 atom stereocenters. The number of nitrogens with one attached hydrogen (secondary N) is 3. The second-order valence-electron chi connectivity index (χ2n) is 6.42. The van der Waals surface area contributed by atoms with Crippen molar-refractivity contribution >= 4 is 28.9 Å². The smallest absolute Gasteiger partial charge is 0.238 e.